The molecule has 2 unspecified atom stereocenters. The summed E-state index contributed by atoms with van der Waals surface area (Å²) in [5, 5.41) is 0. The Kier molecular flexibility index (Phi) is 2.16. The topological polar surface area (TPSA) is 26.0 Å². The first kappa shape index (κ1) is 10.3. The van der Waals surface area contributed by atoms with E-state index in [0.29, 0.717) is 5.92 Å². The molecule has 1 aromatic rings. The third-order valence-electron chi connectivity index (χ3n) is 4.71. The van der Waals surface area contributed by atoms with Gasteiger partial charge in [-0.15, -0.1) is 0 Å². The third kappa shape index (κ3) is 1.27. The molecule has 2 aliphatic rings. The summed E-state index contributed by atoms with van der Waals surface area (Å²) in [6.45, 7) is 4.47. The molecule has 0 heterocycles. The fraction of sp³-hybridized carbons (Fsp3) is 0.600. The van der Waals surface area contributed by atoms with E-state index in [1.54, 1.807) is 0 Å². The largest absolute Gasteiger partial charge is 0.321 e. The Bertz CT molecular complexity index is 380. The van der Waals surface area contributed by atoms with Crippen LogP contribution in [0.4, 0.5) is 0 Å². The van der Waals surface area contributed by atoms with Gasteiger partial charge in [0.15, 0.2) is 0 Å². The molecule has 3 rings (SSSR count). The van der Waals surface area contributed by atoms with Gasteiger partial charge in [-0.05, 0) is 41.7 Å². The maximum Gasteiger partial charge on any atom is 0.0473 e. The summed E-state index contributed by atoms with van der Waals surface area (Å²) >= 11 is 0. The third-order valence-corrected chi connectivity index (χ3v) is 4.71. The van der Waals surface area contributed by atoms with E-state index in [9.17, 15) is 0 Å². The molecule has 2 N–H and O–H groups in total. The van der Waals surface area contributed by atoms with Crippen molar-refractivity contribution in [1.29, 1.82) is 0 Å². The van der Waals surface area contributed by atoms with Crippen LogP contribution < -0.4 is 5.73 Å². The molecule has 1 heteroatoms. The van der Waals surface area contributed by atoms with E-state index in [1.807, 2.05) is 0 Å². The van der Waals surface area contributed by atoms with E-state index >= 15 is 0 Å². The van der Waals surface area contributed by atoms with E-state index in [2.05, 4.69) is 38.1 Å². The zero-order chi connectivity index (χ0) is 11.3. The fourth-order valence-corrected chi connectivity index (χ4v) is 3.59. The van der Waals surface area contributed by atoms with E-state index in [1.165, 1.54) is 30.4 Å². The predicted octanol–water partition coefficient (Wildman–Crippen LogP) is 3.39. The monoisotopic (exact) mass is 215 g/mol. The molecule has 2 fully saturated rings. The Morgan fingerprint density at radius 3 is 2.19 bits per heavy atom. The Labute approximate surface area is 98.0 Å². The Hall–Kier alpha value is -0.820. The second kappa shape index (κ2) is 3.33. The first-order valence-electron chi connectivity index (χ1n) is 6.53. The van der Waals surface area contributed by atoms with Crippen LogP contribution in [0.3, 0.4) is 0 Å². The molecule has 86 valence electrons. The fourth-order valence-electron chi connectivity index (χ4n) is 3.59. The smallest absolute Gasteiger partial charge is 0.0473 e. The lowest BCUT2D eigenvalue weighted by atomic mass is 9.94. The number of hydrogen-bond donors (Lipinski definition) is 1. The molecule has 2 saturated carbocycles. The normalized spacial score (nSPS) is 36.5. The highest BCUT2D eigenvalue weighted by Gasteiger charge is 2.64. The average molecular weight is 215 g/mol. The molecule has 0 radical (unpaired) electrons. The quantitative estimate of drug-likeness (QED) is 0.804. The molecule has 0 saturated heterocycles. The standard InChI is InChI=1S/C15H21N/c1-10(2)11-6-8-12(9-7-11)15(16)13-4-3-5-14(13)15/h6-10,13-14H,3-5,16H2,1-2H3. The van der Waals surface area contributed by atoms with Crippen LogP contribution in [0.15, 0.2) is 24.3 Å². The van der Waals surface area contributed by atoms with Crippen molar-refractivity contribution < 1.29 is 0 Å². The lowest BCUT2D eigenvalue weighted by molar-refractivity contribution is 0.526. The van der Waals surface area contributed by atoms with Crippen molar-refractivity contribution in [3.63, 3.8) is 0 Å². The maximum atomic E-state index is 6.54. The minimum absolute atomic E-state index is 0.0355. The highest BCUT2D eigenvalue weighted by atomic mass is 14.9. The van der Waals surface area contributed by atoms with Crippen molar-refractivity contribution in [3.05, 3.63) is 35.4 Å². The number of rotatable bonds is 2. The first-order chi connectivity index (χ1) is 7.64. The highest BCUT2D eigenvalue weighted by molar-refractivity contribution is 5.38. The summed E-state index contributed by atoms with van der Waals surface area (Å²) in [5.41, 5.74) is 9.36. The Balaban J connectivity index is 1.86. The van der Waals surface area contributed by atoms with Gasteiger partial charge in [-0.1, -0.05) is 44.5 Å². The number of fused-ring (bicyclic) bond motifs is 1. The molecular formula is C15H21N. The van der Waals surface area contributed by atoms with Gasteiger partial charge < -0.3 is 5.73 Å². The van der Waals surface area contributed by atoms with Gasteiger partial charge in [0.25, 0.3) is 0 Å². The molecule has 16 heavy (non-hydrogen) atoms. The van der Waals surface area contributed by atoms with E-state index < -0.39 is 0 Å². The van der Waals surface area contributed by atoms with Gasteiger partial charge in [-0.3, -0.25) is 0 Å². The molecule has 0 amide bonds. The van der Waals surface area contributed by atoms with Gasteiger partial charge in [0, 0.05) is 5.54 Å². The molecule has 0 aliphatic heterocycles. The van der Waals surface area contributed by atoms with Crippen molar-refractivity contribution >= 4 is 0 Å². The average Bonchev–Trinajstić information content (AvgIpc) is 2.69. The minimum Gasteiger partial charge on any atom is -0.321 e. The van der Waals surface area contributed by atoms with E-state index in [-0.39, 0.29) is 5.54 Å². The summed E-state index contributed by atoms with van der Waals surface area (Å²) in [7, 11) is 0. The molecule has 0 aromatic heterocycles. The van der Waals surface area contributed by atoms with Crippen molar-refractivity contribution in [1.82, 2.24) is 0 Å². The van der Waals surface area contributed by atoms with Crippen LogP contribution in [-0.2, 0) is 5.54 Å². The minimum atomic E-state index is 0.0355. The molecule has 0 spiro atoms. The molecule has 0 bridgehead atoms. The number of hydrogen-bond acceptors (Lipinski definition) is 1. The zero-order valence-corrected chi connectivity index (χ0v) is 10.2. The summed E-state index contributed by atoms with van der Waals surface area (Å²) < 4.78 is 0. The van der Waals surface area contributed by atoms with Crippen LogP contribution in [0.1, 0.15) is 50.2 Å². The molecular weight excluding hydrogens is 194 g/mol. The Morgan fingerprint density at radius 2 is 1.69 bits per heavy atom. The summed E-state index contributed by atoms with van der Waals surface area (Å²) in [6, 6.07) is 9.02. The highest BCUT2D eigenvalue weighted by Crippen LogP contribution is 2.64. The van der Waals surface area contributed by atoms with Gasteiger partial charge in [-0.25, -0.2) is 0 Å². The summed E-state index contributed by atoms with van der Waals surface area (Å²) in [6.07, 6.45) is 4.07. The lowest BCUT2D eigenvalue weighted by Gasteiger charge is -2.17. The van der Waals surface area contributed by atoms with E-state index in [0.717, 1.165) is 11.8 Å². The van der Waals surface area contributed by atoms with Gasteiger partial charge in [-0.2, -0.15) is 0 Å². The van der Waals surface area contributed by atoms with E-state index in [4.69, 9.17) is 5.73 Å². The molecule has 2 aliphatic carbocycles. The van der Waals surface area contributed by atoms with Crippen molar-refractivity contribution in [2.45, 2.75) is 44.6 Å². The van der Waals surface area contributed by atoms with Gasteiger partial charge in [0.1, 0.15) is 0 Å². The molecule has 1 aromatic carbocycles. The number of benzene rings is 1. The van der Waals surface area contributed by atoms with Crippen molar-refractivity contribution in [3.8, 4) is 0 Å². The van der Waals surface area contributed by atoms with Gasteiger partial charge in [0.2, 0.25) is 0 Å². The van der Waals surface area contributed by atoms with Crippen LogP contribution in [0.2, 0.25) is 0 Å². The lowest BCUT2D eigenvalue weighted by Crippen LogP contribution is -2.25. The van der Waals surface area contributed by atoms with Gasteiger partial charge in [0.05, 0.1) is 0 Å². The predicted molar refractivity (Wildman–Crippen MR) is 67.2 cm³/mol. The van der Waals surface area contributed by atoms with Crippen LogP contribution in [0.25, 0.3) is 0 Å². The SMILES string of the molecule is CC(C)c1ccc(C2(N)C3CCCC32)cc1. The van der Waals surface area contributed by atoms with Crippen molar-refractivity contribution in [2.75, 3.05) is 0 Å². The van der Waals surface area contributed by atoms with Crippen LogP contribution in [-0.4, -0.2) is 0 Å². The molecule has 1 nitrogen and oxygen atoms in total. The summed E-state index contributed by atoms with van der Waals surface area (Å²) in [4.78, 5) is 0. The summed E-state index contributed by atoms with van der Waals surface area (Å²) in [5.74, 6) is 2.16. The van der Waals surface area contributed by atoms with Crippen LogP contribution in [0.5, 0.6) is 0 Å². The van der Waals surface area contributed by atoms with Crippen molar-refractivity contribution in [2.24, 2.45) is 17.6 Å². The number of nitrogens with two attached hydrogens (primary N) is 1. The Morgan fingerprint density at radius 1 is 1.12 bits per heavy atom. The second-order valence-corrected chi connectivity index (χ2v) is 5.85. The zero-order valence-electron chi connectivity index (χ0n) is 10.2. The van der Waals surface area contributed by atoms with Crippen LogP contribution >= 0.6 is 0 Å². The van der Waals surface area contributed by atoms with Gasteiger partial charge >= 0.3 is 0 Å². The molecule has 2 atom stereocenters. The second-order valence-electron chi connectivity index (χ2n) is 5.85. The maximum absolute atomic E-state index is 6.54. The van der Waals surface area contributed by atoms with Crippen LogP contribution in [0, 0.1) is 11.8 Å². The first-order valence-corrected chi connectivity index (χ1v) is 6.53.